The molecule has 1 rings (SSSR count). The van der Waals surface area contributed by atoms with E-state index in [0.29, 0.717) is 6.54 Å². The van der Waals surface area contributed by atoms with E-state index >= 15 is 0 Å². The maximum atomic E-state index is 12.7. The number of rotatable bonds is 4. The summed E-state index contributed by atoms with van der Waals surface area (Å²) in [6.45, 7) is 4.06. The van der Waals surface area contributed by atoms with Gasteiger partial charge in [-0.25, -0.2) is 4.98 Å². The molecule has 0 spiro atoms. The molecular weight excluding hydrogens is 231 g/mol. The largest absolute Gasteiger partial charge is 0.419 e. The third kappa shape index (κ3) is 3.59. The summed E-state index contributed by atoms with van der Waals surface area (Å²) < 4.78 is 38.0. The van der Waals surface area contributed by atoms with E-state index in [1.165, 1.54) is 12.3 Å². The standard InChI is InChI=1S/C11H16F3N3/c1-7(6-15)8(2)17-10-9(11(12,13)14)4-3-5-16-10/h3-5,7-8H,6,15H2,1-2H3,(H,16,17). The average Bonchev–Trinajstić information content (AvgIpc) is 2.27. The van der Waals surface area contributed by atoms with Crippen molar-refractivity contribution in [1.29, 1.82) is 0 Å². The van der Waals surface area contributed by atoms with Crippen molar-refractivity contribution in [3.63, 3.8) is 0 Å². The number of halogens is 3. The Bertz CT molecular complexity index is 365. The van der Waals surface area contributed by atoms with Gasteiger partial charge in [0.2, 0.25) is 0 Å². The summed E-state index contributed by atoms with van der Waals surface area (Å²) in [6, 6.07) is 2.11. The highest BCUT2D eigenvalue weighted by Crippen LogP contribution is 2.33. The summed E-state index contributed by atoms with van der Waals surface area (Å²) in [5.74, 6) is -0.0779. The zero-order chi connectivity index (χ0) is 13.1. The predicted octanol–water partition coefficient (Wildman–Crippen LogP) is 2.50. The van der Waals surface area contributed by atoms with Gasteiger partial charge < -0.3 is 11.1 Å². The molecule has 1 aromatic heterocycles. The van der Waals surface area contributed by atoms with Crippen LogP contribution in [0.3, 0.4) is 0 Å². The molecular formula is C11H16F3N3. The smallest absolute Gasteiger partial charge is 0.367 e. The Labute approximate surface area is 98.2 Å². The zero-order valence-electron chi connectivity index (χ0n) is 9.75. The summed E-state index contributed by atoms with van der Waals surface area (Å²) in [7, 11) is 0. The lowest BCUT2D eigenvalue weighted by Gasteiger charge is -2.22. The highest BCUT2D eigenvalue weighted by molar-refractivity contribution is 5.46. The van der Waals surface area contributed by atoms with Gasteiger partial charge in [-0.3, -0.25) is 0 Å². The molecule has 0 fully saturated rings. The van der Waals surface area contributed by atoms with E-state index in [9.17, 15) is 13.2 Å². The molecule has 0 aliphatic carbocycles. The molecule has 96 valence electrons. The van der Waals surface area contributed by atoms with Crippen LogP contribution in [0.1, 0.15) is 19.4 Å². The molecule has 3 nitrogen and oxygen atoms in total. The first-order chi connectivity index (χ1) is 7.86. The van der Waals surface area contributed by atoms with E-state index in [0.717, 1.165) is 6.07 Å². The number of pyridine rings is 1. The zero-order valence-corrected chi connectivity index (χ0v) is 9.75. The Morgan fingerprint density at radius 1 is 1.41 bits per heavy atom. The van der Waals surface area contributed by atoms with Gasteiger partial charge in [0.25, 0.3) is 0 Å². The lowest BCUT2D eigenvalue weighted by molar-refractivity contribution is -0.137. The van der Waals surface area contributed by atoms with E-state index in [1.54, 1.807) is 6.92 Å². The molecule has 0 aliphatic heterocycles. The minimum Gasteiger partial charge on any atom is -0.367 e. The molecule has 3 N–H and O–H groups in total. The van der Waals surface area contributed by atoms with Crippen LogP contribution in [-0.2, 0) is 6.18 Å². The lowest BCUT2D eigenvalue weighted by atomic mass is 10.0. The Morgan fingerprint density at radius 3 is 2.59 bits per heavy atom. The maximum absolute atomic E-state index is 12.7. The van der Waals surface area contributed by atoms with Crippen molar-refractivity contribution in [2.75, 3.05) is 11.9 Å². The quantitative estimate of drug-likeness (QED) is 0.859. The van der Waals surface area contributed by atoms with Crippen LogP contribution in [0.15, 0.2) is 18.3 Å². The van der Waals surface area contributed by atoms with Gasteiger partial charge in [0, 0.05) is 12.2 Å². The summed E-state index contributed by atoms with van der Waals surface area (Å²) in [6.07, 6.45) is -3.07. The highest BCUT2D eigenvalue weighted by atomic mass is 19.4. The van der Waals surface area contributed by atoms with Crippen LogP contribution in [0, 0.1) is 5.92 Å². The number of anilines is 1. The SMILES string of the molecule is CC(CN)C(C)Nc1ncccc1C(F)(F)F. The first kappa shape index (κ1) is 13.8. The van der Waals surface area contributed by atoms with Crippen LogP contribution in [0.5, 0.6) is 0 Å². The average molecular weight is 247 g/mol. The van der Waals surface area contributed by atoms with Crippen LogP contribution in [0.2, 0.25) is 0 Å². The second-order valence-corrected chi connectivity index (χ2v) is 4.04. The second kappa shape index (κ2) is 5.35. The van der Waals surface area contributed by atoms with E-state index in [1.807, 2.05) is 6.92 Å². The molecule has 0 saturated heterocycles. The summed E-state index contributed by atoms with van der Waals surface area (Å²) in [5, 5.41) is 2.76. The van der Waals surface area contributed by atoms with Crippen LogP contribution >= 0.6 is 0 Å². The van der Waals surface area contributed by atoms with Crippen molar-refractivity contribution in [1.82, 2.24) is 4.98 Å². The Morgan fingerprint density at radius 2 is 2.06 bits per heavy atom. The summed E-state index contributed by atoms with van der Waals surface area (Å²) in [5.41, 5.74) is 4.71. The molecule has 2 atom stereocenters. The number of nitrogens with two attached hydrogens (primary N) is 1. The molecule has 1 heterocycles. The molecule has 1 aromatic rings. The van der Waals surface area contributed by atoms with E-state index in [-0.39, 0.29) is 17.8 Å². The fraction of sp³-hybridized carbons (Fsp3) is 0.545. The number of nitrogens with zero attached hydrogens (tertiary/aromatic N) is 1. The first-order valence-corrected chi connectivity index (χ1v) is 5.35. The Kier molecular flexibility index (Phi) is 4.34. The molecule has 0 aliphatic rings. The van der Waals surface area contributed by atoms with Crippen molar-refractivity contribution in [3.8, 4) is 0 Å². The monoisotopic (exact) mass is 247 g/mol. The van der Waals surface area contributed by atoms with Gasteiger partial charge in [-0.15, -0.1) is 0 Å². The number of hydrogen-bond donors (Lipinski definition) is 2. The molecule has 2 unspecified atom stereocenters. The van der Waals surface area contributed by atoms with Gasteiger partial charge in [-0.2, -0.15) is 13.2 Å². The van der Waals surface area contributed by atoms with Crippen molar-refractivity contribution in [2.45, 2.75) is 26.1 Å². The third-order valence-electron chi connectivity index (χ3n) is 2.70. The third-order valence-corrected chi connectivity index (χ3v) is 2.70. The highest BCUT2D eigenvalue weighted by Gasteiger charge is 2.34. The number of nitrogens with one attached hydrogen (secondary N) is 1. The number of aromatic nitrogens is 1. The lowest BCUT2D eigenvalue weighted by Crippen LogP contribution is -2.30. The van der Waals surface area contributed by atoms with Crippen LogP contribution in [-0.4, -0.2) is 17.6 Å². The van der Waals surface area contributed by atoms with Crippen molar-refractivity contribution < 1.29 is 13.2 Å². The normalized spacial score (nSPS) is 15.4. The number of hydrogen-bond acceptors (Lipinski definition) is 3. The second-order valence-electron chi connectivity index (χ2n) is 4.04. The Balaban J connectivity index is 2.91. The molecule has 17 heavy (non-hydrogen) atoms. The predicted molar refractivity (Wildman–Crippen MR) is 60.5 cm³/mol. The van der Waals surface area contributed by atoms with Crippen LogP contribution < -0.4 is 11.1 Å². The first-order valence-electron chi connectivity index (χ1n) is 5.35. The van der Waals surface area contributed by atoms with Crippen molar-refractivity contribution in [2.24, 2.45) is 11.7 Å². The molecule has 0 bridgehead atoms. The van der Waals surface area contributed by atoms with Gasteiger partial charge in [0.05, 0.1) is 5.56 Å². The molecule has 0 radical (unpaired) electrons. The molecule has 6 heteroatoms. The summed E-state index contributed by atoms with van der Waals surface area (Å²) >= 11 is 0. The number of alkyl halides is 3. The van der Waals surface area contributed by atoms with E-state index in [2.05, 4.69) is 10.3 Å². The van der Waals surface area contributed by atoms with Gasteiger partial charge in [0.1, 0.15) is 5.82 Å². The Hall–Kier alpha value is -1.30. The maximum Gasteiger partial charge on any atom is 0.419 e. The van der Waals surface area contributed by atoms with Gasteiger partial charge in [-0.1, -0.05) is 6.92 Å². The van der Waals surface area contributed by atoms with Crippen LogP contribution in [0.25, 0.3) is 0 Å². The van der Waals surface area contributed by atoms with Gasteiger partial charge >= 0.3 is 6.18 Å². The fourth-order valence-corrected chi connectivity index (χ4v) is 1.31. The fourth-order valence-electron chi connectivity index (χ4n) is 1.31. The minimum atomic E-state index is -4.40. The van der Waals surface area contributed by atoms with Crippen molar-refractivity contribution in [3.05, 3.63) is 23.9 Å². The van der Waals surface area contributed by atoms with Crippen molar-refractivity contribution >= 4 is 5.82 Å². The van der Waals surface area contributed by atoms with Gasteiger partial charge in [0.15, 0.2) is 0 Å². The molecule has 0 aromatic carbocycles. The van der Waals surface area contributed by atoms with E-state index < -0.39 is 11.7 Å². The topological polar surface area (TPSA) is 50.9 Å². The van der Waals surface area contributed by atoms with Crippen LogP contribution in [0.4, 0.5) is 19.0 Å². The minimum absolute atomic E-state index is 0.0677. The molecule has 0 saturated carbocycles. The van der Waals surface area contributed by atoms with Gasteiger partial charge in [-0.05, 0) is 31.5 Å². The molecule has 0 amide bonds. The van der Waals surface area contributed by atoms with E-state index in [4.69, 9.17) is 5.73 Å². The summed E-state index contributed by atoms with van der Waals surface area (Å²) in [4.78, 5) is 3.73.